The van der Waals surface area contributed by atoms with Crippen LogP contribution < -0.4 is 10.2 Å². The van der Waals surface area contributed by atoms with Gasteiger partial charge in [0, 0.05) is 17.1 Å². The van der Waals surface area contributed by atoms with Gasteiger partial charge in [-0.15, -0.1) is 0 Å². The lowest BCUT2D eigenvalue weighted by molar-refractivity contribution is -0.122. The highest BCUT2D eigenvalue weighted by molar-refractivity contribution is 9.10. The Balaban J connectivity index is 2.16. The maximum absolute atomic E-state index is 12.2. The molecule has 5 heteroatoms. The van der Waals surface area contributed by atoms with Crippen LogP contribution in [0, 0.1) is 0 Å². The van der Waals surface area contributed by atoms with Crippen molar-refractivity contribution in [1.29, 1.82) is 0 Å². The van der Waals surface area contributed by atoms with E-state index in [4.69, 9.17) is 0 Å². The van der Waals surface area contributed by atoms with E-state index < -0.39 is 0 Å². The summed E-state index contributed by atoms with van der Waals surface area (Å²) in [7, 11) is 3.98. The molecule has 1 aliphatic rings. The number of nitrogens with one attached hydrogen (secondary N) is 1. The second-order valence-electron chi connectivity index (χ2n) is 4.92. The van der Waals surface area contributed by atoms with Gasteiger partial charge in [-0.25, -0.2) is 0 Å². The molecule has 1 amide bonds. The highest BCUT2D eigenvalue weighted by atomic mass is 79.9. The third kappa shape index (κ3) is 3.35. The van der Waals surface area contributed by atoms with Crippen molar-refractivity contribution in [3.05, 3.63) is 28.7 Å². The Bertz CT molecular complexity index is 452. The molecular formula is C14H20BrN3O. The molecule has 0 aromatic heterocycles. The molecule has 19 heavy (non-hydrogen) atoms. The van der Waals surface area contributed by atoms with E-state index in [1.807, 2.05) is 43.3 Å². The van der Waals surface area contributed by atoms with Crippen LogP contribution in [0.25, 0.3) is 0 Å². The van der Waals surface area contributed by atoms with E-state index in [2.05, 4.69) is 26.1 Å². The number of hydrogen-bond acceptors (Lipinski definition) is 3. The number of piperazine rings is 1. The molecule has 104 valence electrons. The molecule has 1 N–H and O–H groups in total. The second-order valence-corrected chi connectivity index (χ2v) is 5.77. The smallest absolute Gasteiger partial charge is 0.241 e. The SMILES string of the molecule is CNCCC1CN(c2ccccc2Br)C(=O)CN1C. The van der Waals surface area contributed by atoms with Gasteiger partial charge in [0.2, 0.25) is 5.91 Å². The Kier molecular flexibility index (Phi) is 4.96. The summed E-state index contributed by atoms with van der Waals surface area (Å²) in [5, 5.41) is 3.17. The molecule has 0 spiro atoms. The number of halogens is 1. The van der Waals surface area contributed by atoms with Gasteiger partial charge in [-0.3, -0.25) is 9.69 Å². The molecule has 1 saturated heterocycles. The van der Waals surface area contributed by atoms with Crippen LogP contribution in [0.15, 0.2) is 28.7 Å². The quantitative estimate of drug-likeness (QED) is 0.915. The van der Waals surface area contributed by atoms with Crippen molar-refractivity contribution in [3.63, 3.8) is 0 Å². The van der Waals surface area contributed by atoms with Crippen LogP contribution in [0.4, 0.5) is 5.69 Å². The predicted molar refractivity (Wildman–Crippen MR) is 81.5 cm³/mol. The van der Waals surface area contributed by atoms with Crippen LogP contribution >= 0.6 is 15.9 Å². The minimum absolute atomic E-state index is 0.162. The molecule has 4 nitrogen and oxygen atoms in total. The molecule has 0 saturated carbocycles. The molecule has 1 atom stereocenters. The van der Waals surface area contributed by atoms with Gasteiger partial charge in [0.25, 0.3) is 0 Å². The van der Waals surface area contributed by atoms with Crippen molar-refractivity contribution in [3.8, 4) is 0 Å². The number of amides is 1. The van der Waals surface area contributed by atoms with Crippen LogP contribution in [0.2, 0.25) is 0 Å². The van der Waals surface area contributed by atoms with Crippen LogP contribution in [0.5, 0.6) is 0 Å². The molecule has 0 radical (unpaired) electrons. The van der Waals surface area contributed by atoms with E-state index in [9.17, 15) is 4.79 Å². The first-order chi connectivity index (χ1) is 9.13. The van der Waals surface area contributed by atoms with Crippen LogP contribution in [0.1, 0.15) is 6.42 Å². The number of carbonyl (C=O) groups is 1. The fourth-order valence-electron chi connectivity index (χ4n) is 2.41. The largest absolute Gasteiger partial charge is 0.320 e. The molecule has 1 fully saturated rings. The molecule has 1 aliphatic heterocycles. The molecule has 0 aliphatic carbocycles. The first-order valence-corrected chi connectivity index (χ1v) is 7.32. The Hall–Kier alpha value is -0.910. The average Bonchev–Trinajstić information content (AvgIpc) is 2.39. The molecule has 1 unspecified atom stereocenters. The zero-order valence-electron chi connectivity index (χ0n) is 11.4. The number of rotatable bonds is 4. The normalized spacial score (nSPS) is 20.9. The number of benzene rings is 1. The Morgan fingerprint density at radius 2 is 2.16 bits per heavy atom. The molecule has 0 bridgehead atoms. The van der Waals surface area contributed by atoms with E-state index in [1.165, 1.54) is 0 Å². The third-order valence-electron chi connectivity index (χ3n) is 3.57. The number of likely N-dealkylation sites (N-methyl/N-ethyl adjacent to an activating group) is 1. The Labute approximate surface area is 122 Å². The number of nitrogens with zero attached hydrogens (tertiary/aromatic N) is 2. The summed E-state index contributed by atoms with van der Waals surface area (Å²) in [6.45, 7) is 2.20. The van der Waals surface area contributed by atoms with E-state index >= 15 is 0 Å². The summed E-state index contributed by atoms with van der Waals surface area (Å²) in [4.78, 5) is 16.3. The van der Waals surface area contributed by atoms with Crippen LogP contribution in [0.3, 0.4) is 0 Å². The van der Waals surface area contributed by atoms with Gasteiger partial charge in [-0.1, -0.05) is 12.1 Å². The standard InChI is InChI=1S/C14H20BrN3O/c1-16-8-7-11-9-18(14(19)10-17(11)2)13-6-4-3-5-12(13)15/h3-6,11,16H,7-10H2,1-2H3. The summed E-state index contributed by atoms with van der Waals surface area (Å²) in [6.07, 6.45) is 1.04. The average molecular weight is 326 g/mol. The predicted octanol–water partition coefficient (Wildman–Crippen LogP) is 1.71. The van der Waals surface area contributed by atoms with Gasteiger partial charge in [-0.2, -0.15) is 0 Å². The summed E-state index contributed by atoms with van der Waals surface area (Å²) < 4.78 is 0.972. The van der Waals surface area contributed by atoms with Gasteiger partial charge in [0.05, 0.1) is 12.2 Å². The van der Waals surface area contributed by atoms with Gasteiger partial charge in [-0.05, 0) is 55.1 Å². The highest BCUT2D eigenvalue weighted by Crippen LogP contribution is 2.28. The summed E-state index contributed by atoms with van der Waals surface area (Å²) in [6, 6.07) is 8.30. The van der Waals surface area contributed by atoms with Gasteiger partial charge in [0.15, 0.2) is 0 Å². The third-order valence-corrected chi connectivity index (χ3v) is 4.24. The van der Waals surface area contributed by atoms with Crippen LogP contribution in [-0.4, -0.2) is 50.6 Å². The molecule has 1 aromatic carbocycles. The second kappa shape index (κ2) is 6.50. The number of anilines is 1. The first-order valence-electron chi connectivity index (χ1n) is 6.53. The fourth-order valence-corrected chi connectivity index (χ4v) is 2.90. The number of para-hydroxylation sites is 1. The van der Waals surface area contributed by atoms with Gasteiger partial charge in [0.1, 0.15) is 0 Å². The monoisotopic (exact) mass is 325 g/mol. The minimum atomic E-state index is 0.162. The van der Waals surface area contributed by atoms with E-state index in [-0.39, 0.29) is 5.91 Å². The van der Waals surface area contributed by atoms with E-state index in [0.29, 0.717) is 12.6 Å². The number of hydrogen-bond donors (Lipinski definition) is 1. The van der Waals surface area contributed by atoms with E-state index in [0.717, 1.165) is 29.7 Å². The van der Waals surface area contributed by atoms with Gasteiger partial charge >= 0.3 is 0 Å². The topological polar surface area (TPSA) is 35.6 Å². The fraction of sp³-hybridized carbons (Fsp3) is 0.500. The molecule has 2 rings (SSSR count). The van der Waals surface area contributed by atoms with Crippen LogP contribution in [-0.2, 0) is 4.79 Å². The Morgan fingerprint density at radius 3 is 2.84 bits per heavy atom. The van der Waals surface area contributed by atoms with E-state index in [1.54, 1.807) is 0 Å². The molecule has 1 aromatic rings. The van der Waals surface area contributed by atoms with Crippen molar-refractivity contribution >= 4 is 27.5 Å². The first kappa shape index (κ1) is 14.5. The maximum Gasteiger partial charge on any atom is 0.241 e. The minimum Gasteiger partial charge on any atom is -0.320 e. The summed E-state index contributed by atoms with van der Waals surface area (Å²) >= 11 is 3.53. The zero-order chi connectivity index (χ0) is 13.8. The zero-order valence-corrected chi connectivity index (χ0v) is 13.0. The van der Waals surface area contributed by atoms with Crippen molar-refractivity contribution in [2.75, 3.05) is 38.6 Å². The van der Waals surface area contributed by atoms with Crippen molar-refractivity contribution in [2.24, 2.45) is 0 Å². The lowest BCUT2D eigenvalue weighted by Gasteiger charge is -2.39. The number of carbonyl (C=O) groups excluding carboxylic acids is 1. The van der Waals surface area contributed by atoms with Gasteiger partial charge < -0.3 is 10.2 Å². The van der Waals surface area contributed by atoms with Crippen molar-refractivity contribution in [2.45, 2.75) is 12.5 Å². The molecular weight excluding hydrogens is 306 g/mol. The molecule has 1 heterocycles. The highest BCUT2D eigenvalue weighted by Gasteiger charge is 2.30. The van der Waals surface area contributed by atoms with Crippen molar-refractivity contribution < 1.29 is 4.79 Å². The lowest BCUT2D eigenvalue weighted by atomic mass is 10.1. The lowest BCUT2D eigenvalue weighted by Crippen LogP contribution is -2.55. The summed E-state index contributed by atoms with van der Waals surface area (Å²) in [5.74, 6) is 0.162. The van der Waals surface area contributed by atoms with Crippen molar-refractivity contribution in [1.82, 2.24) is 10.2 Å². The summed E-state index contributed by atoms with van der Waals surface area (Å²) in [5.41, 5.74) is 0.968. The Morgan fingerprint density at radius 1 is 1.42 bits per heavy atom. The maximum atomic E-state index is 12.2.